The van der Waals surface area contributed by atoms with Gasteiger partial charge in [0, 0.05) is 23.5 Å². The lowest BCUT2D eigenvalue weighted by atomic mass is 9.90. The normalized spacial score (nSPS) is 19.7. The number of rotatable bonds is 4. The van der Waals surface area contributed by atoms with Crippen LogP contribution >= 0.6 is 11.6 Å². The molecule has 2 N–H and O–H groups in total. The van der Waals surface area contributed by atoms with Crippen molar-refractivity contribution in [3.8, 4) is 0 Å². The van der Waals surface area contributed by atoms with Gasteiger partial charge < -0.3 is 10.6 Å². The molecule has 0 heterocycles. The summed E-state index contributed by atoms with van der Waals surface area (Å²) in [5.74, 6) is -0.343. The predicted octanol–water partition coefficient (Wildman–Crippen LogP) is 5.49. The van der Waals surface area contributed by atoms with Gasteiger partial charge in [-0.15, -0.1) is 0 Å². The van der Waals surface area contributed by atoms with E-state index < -0.39 is 11.7 Å². The number of carbonyl (C=O) groups is 1. The molecule has 0 bridgehead atoms. The minimum Gasteiger partial charge on any atom is -0.335 e. The third kappa shape index (κ3) is 4.95. The van der Waals surface area contributed by atoms with Crippen molar-refractivity contribution in [3.63, 3.8) is 0 Å². The highest BCUT2D eigenvalue weighted by Crippen LogP contribution is 2.41. The first kappa shape index (κ1) is 19.5. The molecule has 1 aliphatic rings. The second kappa shape index (κ2) is 8.21. The summed E-state index contributed by atoms with van der Waals surface area (Å²) in [6, 6.07) is 12.0. The third-order valence-corrected chi connectivity index (χ3v) is 5.12. The summed E-state index contributed by atoms with van der Waals surface area (Å²) in [7, 11) is 0. The van der Waals surface area contributed by atoms with Gasteiger partial charge in [0.1, 0.15) is 0 Å². The van der Waals surface area contributed by atoms with Crippen LogP contribution < -0.4 is 10.6 Å². The molecule has 3 nitrogen and oxygen atoms in total. The van der Waals surface area contributed by atoms with E-state index in [2.05, 4.69) is 10.6 Å². The summed E-state index contributed by atoms with van der Waals surface area (Å²) in [4.78, 5) is 12.2. The molecule has 3 rings (SSSR count). The summed E-state index contributed by atoms with van der Waals surface area (Å²) < 4.78 is 40.0. The fraction of sp³-hybridized carbons (Fsp3) is 0.350. The Morgan fingerprint density at radius 2 is 1.78 bits per heavy atom. The molecule has 0 saturated heterocycles. The van der Waals surface area contributed by atoms with Gasteiger partial charge in [0.2, 0.25) is 0 Å². The maximum absolute atomic E-state index is 13.3. The molecule has 0 spiro atoms. The zero-order chi connectivity index (χ0) is 19.4. The van der Waals surface area contributed by atoms with E-state index in [0.717, 1.165) is 18.1 Å². The molecule has 144 valence electrons. The molecule has 2 atom stereocenters. The summed E-state index contributed by atoms with van der Waals surface area (Å²) in [5, 5.41) is 6.20. The van der Waals surface area contributed by atoms with Gasteiger partial charge in [-0.3, -0.25) is 0 Å². The van der Waals surface area contributed by atoms with E-state index in [1.165, 1.54) is 12.1 Å². The van der Waals surface area contributed by atoms with Crippen LogP contribution in [0.4, 0.5) is 18.0 Å². The van der Waals surface area contributed by atoms with Crippen molar-refractivity contribution in [2.24, 2.45) is 0 Å². The first-order valence-electron chi connectivity index (χ1n) is 8.79. The van der Waals surface area contributed by atoms with Crippen molar-refractivity contribution in [1.29, 1.82) is 0 Å². The van der Waals surface area contributed by atoms with E-state index in [1.54, 1.807) is 30.3 Å². The largest absolute Gasteiger partial charge is 0.416 e. The number of halogens is 4. The highest BCUT2D eigenvalue weighted by Gasteiger charge is 2.38. The number of nitrogens with one attached hydrogen (secondary N) is 2. The molecule has 1 fully saturated rings. The van der Waals surface area contributed by atoms with Crippen LogP contribution in [0.15, 0.2) is 48.5 Å². The number of hydrogen-bond donors (Lipinski definition) is 2. The predicted molar refractivity (Wildman–Crippen MR) is 98.6 cm³/mol. The smallest absolute Gasteiger partial charge is 0.335 e. The van der Waals surface area contributed by atoms with Gasteiger partial charge in [-0.05, 0) is 42.2 Å². The SMILES string of the molecule is O=C(NCc1ccc(Cl)cc1)NC1CCCC1c1ccccc1C(F)(F)F. The quantitative estimate of drug-likeness (QED) is 0.704. The van der Waals surface area contributed by atoms with Gasteiger partial charge in [0.05, 0.1) is 5.56 Å². The van der Waals surface area contributed by atoms with Crippen LogP contribution in [0.2, 0.25) is 5.02 Å². The standard InChI is InChI=1S/C20H20ClF3N2O/c21-14-10-8-13(9-11-14)12-25-19(27)26-18-7-3-5-16(18)15-4-1-2-6-17(15)20(22,23)24/h1-2,4,6,8-11,16,18H,3,5,7,12H2,(H2,25,26,27). The lowest BCUT2D eigenvalue weighted by molar-refractivity contribution is -0.138. The summed E-state index contributed by atoms with van der Waals surface area (Å²) >= 11 is 5.83. The van der Waals surface area contributed by atoms with Crippen LogP contribution in [-0.4, -0.2) is 12.1 Å². The topological polar surface area (TPSA) is 41.1 Å². The lowest BCUT2D eigenvalue weighted by Crippen LogP contribution is -2.43. The second-order valence-corrected chi connectivity index (χ2v) is 7.12. The van der Waals surface area contributed by atoms with E-state index >= 15 is 0 Å². The van der Waals surface area contributed by atoms with Crippen LogP contribution in [-0.2, 0) is 12.7 Å². The monoisotopic (exact) mass is 396 g/mol. The molecule has 7 heteroatoms. The first-order valence-corrected chi connectivity index (χ1v) is 9.17. The number of carbonyl (C=O) groups excluding carboxylic acids is 1. The van der Waals surface area contributed by atoms with Gasteiger partial charge in [0.15, 0.2) is 0 Å². The highest BCUT2D eigenvalue weighted by molar-refractivity contribution is 6.30. The van der Waals surface area contributed by atoms with Gasteiger partial charge in [-0.25, -0.2) is 4.79 Å². The van der Waals surface area contributed by atoms with E-state index in [1.807, 2.05) is 0 Å². The maximum atomic E-state index is 13.3. The third-order valence-electron chi connectivity index (χ3n) is 4.86. The number of benzene rings is 2. The molecule has 2 aromatic rings. The van der Waals surface area contributed by atoms with Gasteiger partial charge in [-0.2, -0.15) is 13.2 Å². The molecule has 27 heavy (non-hydrogen) atoms. The van der Waals surface area contributed by atoms with Gasteiger partial charge in [0.25, 0.3) is 0 Å². The number of alkyl halides is 3. The molecule has 2 unspecified atom stereocenters. The molecule has 1 saturated carbocycles. The molecule has 2 amide bonds. The zero-order valence-corrected chi connectivity index (χ0v) is 15.3. The molecule has 0 radical (unpaired) electrons. The Balaban J connectivity index is 1.65. The molecule has 1 aliphatic carbocycles. The fourth-order valence-electron chi connectivity index (χ4n) is 3.59. The average molecular weight is 397 g/mol. The number of urea groups is 1. The van der Waals surface area contributed by atoms with Crippen molar-refractivity contribution in [3.05, 3.63) is 70.2 Å². The summed E-state index contributed by atoms with van der Waals surface area (Å²) in [6.07, 6.45) is -2.35. The summed E-state index contributed by atoms with van der Waals surface area (Å²) in [6.45, 7) is 0.319. The van der Waals surface area contributed by atoms with Crippen LogP contribution in [0.1, 0.15) is 41.9 Å². The Kier molecular flexibility index (Phi) is 5.95. The second-order valence-electron chi connectivity index (χ2n) is 6.68. The average Bonchev–Trinajstić information content (AvgIpc) is 3.08. The van der Waals surface area contributed by atoms with E-state index in [9.17, 15) is 18.0 Å². The van der Waals surface area contributed by atoms with Crippen molar-refractivity contribution >= 4 is 17.6 Å². The Bertz CT molecular complexity index is 793. The van der Waals surface area contributed by atoms with Gasteiger partial charge in [-0.1, -0.05) is 48.4 Å². The molecule has 0 aliphatic heterocycles. The van der Waals surface area contributed by atoms with E-state index in [0.29, 0.717) is 24.4 Å². The van der Waals surface area contributed by atoms with Crippen molar-refractivity contribution < 1.29 is 18.0 Å². The Labute approximate surface area is 160 Å². The summed E-state index contributed by atoms with van der Waals surface area (Å²) in [5.41, 5.74) is 0.524. The number of amides is 2. The highest BCUT2D eigenvalue weighted by atomic mass is 35.5. The van der Waals surface area contributed by atoms with Crippen molar-refractivity contribution in [1.82, 2.24) is 10.6 Å². The van der Waals surface area contributed by atoms with Gasteiger partial charge >= 0.3 is 12.2 Å². The Morgan fingerprint density at radius 3 is 2.48 bits per heavy atom. The first-order chi connectivity index (χ1) is 12.8. The maximum Gasteiger partial charge on any atom is 0.416 e. The minimum atomic E-state index is -4.40. The fourth-order valence-corrected chi connectivity index (χ4v) is 3.71. The van der Waals surface area contributed by atoms with Crippen LogP contribution in [0.5, 0.6) is 0 Å². The van der Waals surface area contributed by atoms with Crippen LogP contribution in [0.25, 0.3) is 0 Å². The molecule has 0 aromatic heterocycles. The zero-order valence-electron chi connectivity index (χ0n) is 14.5. The van der Waals surface area contributed by atoms with E-state index in [-0.39, 0.29) is 23.6 Å². The van der Waals surface area contributed by atoms with Crippen molar-refractivity contribution in [2.45, 2.75) is 43.9 Å². The molecular weight excluding hydrogens is 377 g/mol. The van der Waals surface area contributed by atoms with Crippen molar-refractivity contribution in [2.75, 3.05) is 0 Å². The number of hydrogen-bond acceptors (Lipinski definition) is 1. The van der Waals surface area contributed by atoms with Crippen LogP contribution in [0, 0.1) is 0 Å². The van der Waals surface area contributed by atoms with Crippen LogP contribution in [0.3, 0.4) is 0 Å². The Morgan fingerprint density at radius 1 is 1.07 bits per heavy atom. The molecular formula is C20H20ClF3N2O. The minimum absolute atomic E-state index is 0.255. The lowest BCUT2D eigenvalue weighted by Gasteiger charge is -2.24. The molecule has 2 aromatic carbocycles. The Hall–Kier alpha value is -2.21. The van der Waals surface area contributed by atoms with E-state index in [4.69, 9.17) is 11.6 Å².